The van der Waals surface area contributed by atoms with E-state index in [9.17, 15) is 14.9 Å². The number of rotatable bonds is 4. The molecule has 0 unspecified atom stereocenters. The number of nitro benzene ring substituents is 1. The van der Waals surface area contributed by atoms with E-state index in [0.29, 0.717) is 6.26 Å². The van der Waals surface area contributed by atoms with Gasteiger partial charge in [0.2, 0.25) is 0 Å². The first-order valence-corrected chi connectivity index (χ1v) is 4.13. The molecule has 0 spiro atoms. The van der Waals surface area contributed by atoms with Crippen molar-refractivity contribution in [2.45, 2.75) is 0 Å². The van der Waals surface area contributed by atoms with Gasteiger partial charge in [-0.3, -0.25) is 14.9 Å². The van der Waals surface area contributed by atoms with E-state index in [1.165, 1.54) is 18.2 Å². The molecule has 7 nitrogen and oxygen atoms in total. The van der Waals surface area contributed by atoms with Crippen LogP contribution >= 0.6 is 0 Å². The summed E-state index contributed by atoms with van der Waals surface area (Å²) in [5.41, 5.74) is -0.540. The lowest BCUT2D eigenvalue weighted by molar-refractivity contribution is -0.384. The molecule has 7 heteroatoms. The molecular formula is C9H7N3O4. The third-order valence-corrected chi connectivity index (χ3v) is 1.60. The molecule has 1 N–H and O–H groups in total. The molecule has 0 aliphatic heterocycles. The second-order valence-electron chi connectivity index (χ2n) is 2.62. The summed E-state index contributed by atoms with van der Waals surface area (Å²) < 4.78 is 0. The molecule has 0 saturated heterocycles. The predicted octanol–water partition coefficient (Wildman–Crippen LogP) is 2.28. The number of hydrogen-bond acceptors (Lipinski definition) is 6. The van der Waals surface area contributed by atoms with Gasteiger partial charge in [-0.15, -0.1) is 10.2 Å². The fraction of sp³-hybridized carbons (Fsp3) is 0. The molecule has 0 aromatic heterocycles. The van der Waals surface area contributed by atoms with Gasteiger partial charge in [-0.1, -0.05) is 12.1 Å². The first-order valence-electron chi connectivity index (χ1n) is 4.13. The van der Waals surface area contributed by atoms with Crippen LogP contribution in [-0.4, -0.2) is 16.3 Å². The van der Waals surface area contributed by atoms with Crippen LogP contribution in [0.3, 0.4) is 0 Å². The zero-order valence-electron chi connectivity index (χ0n) is 7.98. The summed E-state index contributed by atoms with van der Waals surface area (Å²) in [6, 6.07) is 5.67. The maximum Gasteiger partial charge on any atom is 0.296 e. The minimum atomic E-state index is -0.613. The number of benzene rings is 1. The highest BCUT2D eigenvalue weighted by Gasteiger charge is 2.11. The summed E-state index contributed by atoms with van der Waals surface area (Å²) in [4.78, 5) is 20.2. The van der Waals surface area contributed by atoms with E-state index in [-0.39, 0.29) is 23.4 Å². The Hall–Kier alpha value is -2.57. The number of hydrogen-bond donors (Lipinski definition) is 1. The van der Waals surface area contributed by atoms with Crippen LogP contribution in [-0.2, 0) is 4.79 Å². The van der Waals surface area contributed by atoms with E-state index in [0.717, 1.165) is 0 Å². The van der Waals surface area contributed by atoms with Gasteiger partial charge in [-0.05, 0) is 6.07 Å². The Morgan fingerprint density at radius 3 is 2.69 bits per heavy atom. The Kier molecular flexibility index (Phi) is 3.84. The first-order chi connectivity index (χ1) is 7.69. The van der Waals surface area contributed by atoms with Crippen LogP contribution in [0, 0.1) is 10.1 Å². The molecule has 16 heavy (non-hydrogen) atoms. The van der Waals surface area contributed by atoms with Crippen LogP contribution in [0.2, 0.25) is 0 Å². The van der Waals surface area contributed by atoms with Crippen molar-refractivity contribution in [2.75, 3.05) is 0 Å². The molecule has 0 heterocycles. The molecule has 0 saturated carbocycles. The van der Waals surface area contributed by atoms with Gasteiger partial charge in [0.05, 0.1) is 4.92 Å². The van der Waals surface area contributed by atoms with Gasteiger partial charge >= 0.3 is 0 Å². The maximum atomic E-state index is 10.6. The fourth-order valence-electron chi connectivity index (χ4n) is 0.895. The monoisotopic (exact) mass is 221 g/mol. The number of carbonyl (C=O) groups excluding carboxylic acids is 1. The smallest absolute Gasteiger partial charge is 0.296 e. The lowest BCUT2D eigenvalue weighted by atomic mass is 10.3. The van der Waals surface area contributed by atoms with Crippen molar-refractivity contribution in [2.24, 2.45) is 10.2 Å². The minimum absolute atomic E-state index is 0.00806. The average molecular weight is 221 g/mol. The molecule has 0 aliphatic carbocycles. The highest BCUT2D eigenvalue weighted by molar-refractivity contribution is 5.72. The predicted molar refractivity (Wildman–Crippen MR) is 54.4 cm³/mol. The molecule has 0 bridgehead atoms. The second-order valence-corrected chi connectivity index (χ2v) is 2.62. The van der Waals surface area contributed by atoms with E-state index in [1.54, 1.807) is 6.07 Å². The highest BCUT2D eigenvalue weighted by atomic mass is 16.6. The van der Waals surface area contributed by atoms with Crippen LogP contribution in [0.5, 0.6) is 0 Å². The van der Waals surface area contributed by atoms with E-state index in [1.807, 2.05) is 0 Å². The minimum Gasteiger partial charge on any atom is -0.513 e. The van der Waals surface area contributed by atoms with Crippen molar-refractivity contribution in [3.63, 3.8) is 0 Å². The molecule has 0 fully saturated rings. The zero-order valence-corrected chi connectivity index (χ0v) is 7.98. The number of para-hydroxylation sites is 1. The van der Waals surface area contributed by atoms with Crippen molar-refractivity contribution in [3.8, 4) is 0 Å². The molecule has 0 amide bonds. The van der Waals surface area contributed by atoms with Crippen molar-refractivity contribution in [1.82, 2.24) is 0 Å². The Bertz CT molecular complexity index is 468. The summed E-state index contributed by atoms with van der Waals surface area (Å²) >= 11 is 0. The third-order valence-electron chi connectivity index (χ3n) is 1.60. The molecule has 82 valence electrons. The molecule has 1 aromatic rings. The lowest BCUT2D eigenvalue weighted by Gasteiger charge is -1.94. The lowest BCUT2D eigenvalue weighted by Crippen LogP contribution is -1.87. The van der Waals surface area contributed by atoms with Crippen molar-refractivity contribution in [1.29, 1.82) is 0 Å². The van der Waals surface area contributed by atoms with Crippen LogP contribution in [0.25, 0.3) is 0 Å². The Balaban J connectivity index is 3.06. The molecule has 1 aromatic carbocycles. The van der Waals surface area contributed by atoms with E-state index in [2.05, 4.69) is 10.2 Å². The average Bonchev–Trinajstić information content (AvgIpc) is 2.30. The van der Waals surface area contributed by atoms with E-state index in [4.69, 9.17) is 5.11 Å². The fourth-order valence-corrected chi connectivity index (χ4v) is 0.895. The largest absolute Gasteiger partial charge is 0.513 e. The number of aliphatic hydroxyl groups excluding tert-OH is 1. The summed E-state index contributed by atoms with van der Waals surface area (Å²) in [7, 11) is 0. The van der Waals surface area contributed by atoms with Gasteiger partial charge in [-0.2, -0.15) is 0 Å². The van der Waals surface area contributed by atoms with Gasteiger partial charge in [0.15, 0.2) is 17.7 Å². The molecular weight excluding hydrogens is 214 g/mol. The van der Waals surface area contributed by atoms with Crippen LogP contribution in [0.1, 0.15) is 0 Å². The van der Waals surface area contributed by atoms with Crippen LogP contribution < -0.4 is 0 Å². The summed E-state index contributed by atoms with van der Waals surface area (Å²) in [5.74, 6) is 0. The third kappa shape index (κ3) is 2.71. The van der Waals surface area contributed by atoms with E-state index >= 15 is 0 Å². The highest BCUT2D eigenvalue weighted by Crippen LogP contribution is 2.26. The van der Waals surface area contributed by atoms with Gasteiger partial charge in [0, 0.05) is 6.07 Å². The van der Waals surface area contributed by atoms with Crippen molar-refractivity contribution >= 4 is 17.7 Å². The van der Waals surface area contributed by atoms with Crippen molar-refractivity contribution in [3.05, 3.63) is 46.3 Å². The Morgan fingerprint density at radius 1 is 1.44 bits per heavy atom. The molecule has 0 aliphatic rings. The van der Waals surface area contributed by atoms with Gasteiger partial charge in [0.1, 0.15) is 6.26 Å². The number of nitrogens with zero attached hydrogens (tertiary/aromatic N) is 3. The molecule has 0 radical (unpaired) electrons. The van der Waals surface area contributed by atoms with Crippen molar-refractivity contribution < 1.29 is 14.8 Å². The number of nitro groups is 1. The Morgan fingerprint density at radius 2 is 2.12 bits per heavy atom. The quantitative estimate of drug-likeness (QED) is 0.210. The normalized spacial score (nSPS) is 11.6. The van der Waals surface area contributed by atoms with Crippen LogP contribution in [0.4, 0.5) is 11.4 Å². The van der Waals surface area contributed by atoms with Gasteiger partial charge in [0.25, 0.3) is 5.69 Å². The second kappa shape index (κ2) is 5.35. The van der Waals surface area contributed by atoms with Gasteiger partial charge in [-0.25, -0.2) is 0 Å². The first kappa shape index (κ1) is 11.5. The number of aliphatic hydroxyl groups is 1. The maximum absolute atomic E-state index is 10.6. The summed E-state index contributed by atoms with van der Waals surface area (Å²) in [5, 5.41) is 25.9. The summed E-state index contributed by atoms with van der Waals surface area (Å²) in [6.07, 6.45) is 0.740. The number of aldehydes is 1. The van der Waals surface area contributed by atoms with Gasteiger partial charge < -0.3 is 5.11 Å². The van der Waals surface area contributed by atoms with Crippen LogP contribution in [0.15, 0.2) is 46.5 Å². The SMILES string of the molecule is O=C/C(=C/O)N=Nc1ccccc1[N+](=O)[O-]. The summed E-state index contributed by atoms with van der Waals surface area (Å²) in [6.45, 7) is 0. The standard InChI is InChI=1S/C9H7N3O4/c13-5-7(6-14)10-11-8-3-1-2-4-9(8)12(15)16/h1-6,13H/b7-5-,11-10?. The Labute approximate surface area is 89.9 Å². The molecule has 1 rings (SSSR count). The van der Waals surface area contributed by atoms with E-state index < -0.39 is 4.92 Å². The zero-order chi connectivity index (χ0) is 12.0. The number of carbonyl (C=O) groups is 1. The molecule has 0 atom stereocenters. The topological polar surface area (TPSA) is 105 Å². The number of azo groups is 1. The number of allylic oxidation sites excluding steroid dienone is 1.